The fourth-order valence-corrected chi connectivity index (χ4v) is 2.29. The molecular formula is C11H10ClN3S. The van der Waals surface area contributed by atoms with E-state index in [9.17, 15) is 0 Å². The van der Waals surface area contributed by atoms with Gasteiger partial charge in [-0.3, -0.25) is 0 Å². The molecule has 16 heavy (non-hydrogen) atoms. The van der Waals surface area contributed by atoms with Crippen LogP contribution in [-0.4, -0.2) is 15.4 Å². The van der Waals surface area contributed by atoms with Crippen molar-refractivity contribution in [1.29, 1.82) is 0 Å². The molecule has 5 heteroatoms. The third-order valence-electron chi connectivity index (χ3n) is 2.41. The summed E-state index contributed by atoms with van der Waals surface area (Å²) in [5.41, 5.74) is 0.965. The van der Waals surface area contributed by atoms with Gasteiger partial charge < -0.3 is 5.32 Å². The van der Waals surface area contributed by atoms with Crippen molar-refractivity contribution in [3.63, 3.8) is 0 Å². The van der Waals surface area contributed by atoms with Crippen LogP contribution in [0.2, 0.25) is 5.02 Å². The van der Waals surface area contributed by atoms with Crippen LogP contribution in [0, 0.1) is 0 Å². The second kappa shape index (κ2) is 4.03. The molecular weight excluding hydrogens is 242 g/mol. The van der Waals surface area contributed by atoms with E-state index in [1.165, 1.54) is 24.4 Å². The van der Waals surface area contributed by atoms with Gasteiger partial charge in [-0.15, -0.1) is 0 Å². The zero-order valence-corrected chi connectivity index (χ0v) is 10.1. The number of benzene rings is 1. The predicted octanol–water partition coefficient (Wildman–Crippen LogP) is 3.43. The van der Waals surface area contributed by atoms with Crippen LogP contribution in [0.15, 0.2) is 24.3 Å². The molecule has 0 aliphatic heterocycles. The van der Waals surface area contributed by atoms with Gasteiger partial charge in [0.1, 0.15) is 0 Å². The molecule has 2 aromatic rings. The number of rotatable bonds is 3. The number of nitrogens with zero attached hydrogens (tertiary/aromatic N) is 2. The van der Waals surface area contributed by atoms with Gasteiger partial charge in [-0.1, -0.05) is 23.7 Å². The van der Waals surface area contributed by atoms with Gasteiger partial charge in [0, 0.05) is 28.2 Å². The fourth-order valence-electron chi connectivity index (χ4n) is 1.43. The van der Waals surface area contributed by atoms with Crippen molar-refractivity contribution in [2.75, 3.05) is 5.32 Å². The lowest BCUT2D eigenvalue weighted by Crippen LogP contribution is -1.99. The second-order valence-corrected chi connectivity index (χ2v) is 5.04. The van der Waals surface area contributed by atoms with E-state index in [0.717, 1.165) is 16.5 Å². The van der Waals surface area contributed by atoms with Gasteiger partial charge in [0.2, 0.25) is 5.13 Å². The molecule has 0 spiro atoms. The van der Waals surface area contributed by atoms with Crippen LogP contribution in [0.25, 0.3) is 11.4 Å². The summed E-state index contributed by atoms with van der Waals surface area (Å²) in [7, 11) is 0. The van der Waals surface area contributed by atoms with Crippen molar-refractivity contribution in [1.82, 2.24) is 9.36 Å². The van der Waals surface area contributed by atoms with Crippen LogP contribution in [0.5, 0.6) is 0 Å². The Labute approximate surface area is 103 Å². The molecule has 1 saturated carbocycles. The SMILES string of the molecule is Clc1cccc(-c2nsc(NC3CC3)n2)c1. The summed E-state index contributed by atoms with van der Waals surface area (Å²) in [5.74, 6) is 0.746. The van der Waals surface area contributed by atoms with Gasteiger partial charge in [0.05, 0.1) is 0 Å². The Bertz CT molecular complexity index is 507. The van der Waals surface area contributed by atoms with Gasteiger partial charge >= 0.3 is 0 Å². The van der Waals surface area contributed by atoms with Crippen LogP contribution in [0.4, 0.5) is 5.13 Å². The van der Waals surface area contributed by atoms with Gasteiger partial charge in [0.25, 0.3) is 0 Å². The van der Waals surface area contributed by atoms with Crippen LogP contribution >= 0.6 is 23.1 Å². The van der Waals surface area contributed by atoms with Crippen molar-refractivity contribution >= 4 is 28.3 Å². The Kier molecular flexibility index (Phi) is 2.53. The number of anilines is 1. The molecule has 0 radical (unpaired) electrons. The van der Waals surface area contributed by atoms with E-state index < -0.39 is 0 Å². The van der Waals surface area contributed by atoms with Gasteiger partial charge in [-0.2, -0.15) is 9.36 Å². The normalized spacial score (nSPS) is 15.1. The summed E-state index contributed by atoms with van der Waals surface area (Å²) in [6, 6.07) is 8.22. The molecule has 0 saturated heterocycles. The summed E-state index contributed by atoms with van der Waals surface area (Å²) in [5, 5.41) is 4.95. The fraction of sp³-hybridized carbons (Fsp3) is 0.273. The molecule has 1 aliphatic rings. The molecule has 3 rings (SSSR count). The Hall–Kier alpha value is -1.13. The van der Waals surface area contributed by atoms with Crippen molar-refractivity contribution < 1.29 is 0 Å². The maximum absolute atomic E-state index is 5.93. The molecule has 1 aliphatic carbocycles. The van der Waals surface area contributed by atoms with E-state index in [0.29, 0.717) is 11.1 Å². The maximum atomic E-state index is 5.93. The smallest absolute Gasteiger partial charge is 0.203 e. The number of aromatic nitrogens is 2. The van der Waals surface area contributed by atoms with Crippen molar-refractivity contribution in [2.45, 2.75) is 18.9 Å². The molecule has 1 fully saturated rings. The average Bonchev–Trinajstić information content (AvgIpc) is 2.94. The number of halogens is 1. The Balaban J connectivity index is 1.85. The highest BCUT2D eigenvalue weighted by molar-refractivity contribution is 7.09. The largest absolute Gasteiger partial charge is 0.358 e. The highest BCUT2D eigenvalue weighted by Gasteiger charge is 2.22. The summed E-state index contributed by atoms with van der Waals surface area (Å²) in [6.07, 6.45) is 2.48. The summed E-state index contributed by atoms with van der Waals surface area (Å²) in [4.78, 5) is 4.44. The van der Waals surface area contributed by atoms with Gasteiger partial charge in [-0.05, 0) is 25.0 Å². The van der Waals surface area contributed by atoms with Gasteiger partial charge in [-0.25, -0.2) is 0 Å². The lowest BCUT2D eigenvalue weighted by Gasteiger charge is -1.96. The van der Waals surface area contributed by atoms with Crippen molar-refractivity contribution in [3.8, 4) is 11.4 Å². The number of hydrogen-bond acceptors (Lipinski definition) is 4. The number of nitrogens with one attached hydrogen (secondary N) is 1. The lowest BCUT2D eigenvalue weighted by molar-refractivity contribution is 1.14. The molecule has 0 unspecified atom stereocenters. The van der Waals surface area contributed by atoms with E-state index in [1.54, 1.807) is 0 Å². The van der Waals surface area contributed by atoms with Crippen molar-refractivity contribution in [3.05, 3.63) is 29.3 Å². The minimum absolute atomic E-state index is 0.611. The molecule has 1 N–H and O–H groups in total. The highest BCUT2D eigenvalue weighted by atomic mass is 35.5. The summed E-state index contributed by atoms with van der Waals surface area (Å²) < 4.78 is 4.32. The third-order valence-corrected chi connectivity index (χ3v) is 3.30. The molecule has 0 bridgehead atoms. The first kappa shape index (κ1) is 10.1. The first-order chi connectivity index (χ1) is 7.81. The van der Waals surface area contributed by atoms with Crippen molar-refractivity contribution in [2.24, 2.45) is 0 Å². The van der Waals surface area contributed by atoms with Crippen LogP contribution < -0.4 is 5.32 Å². The third kappa shape index (κ3) is 2.18. The Morgan fingerprint density at radius 1 is 1.38 bits per heavy atom. The minimum atomic E-state index is 0.611. The van der Waals surface area contributed by atoms with E-state index in [1.807, 2.05) is 24.3 Å². The lowest BCUT2D eigenvalue weighted by atomic mass is 10.2. The number of hydrogen-bond donors (Lipinski definition) is 1. The van der Waals surface area contributed by atoms with E-state index in [2.05, 4.69) is 14.7 Å². The van der Waals surface area contributed by atoms with E-state index in [4.69, 9.17) is 11.6 Å². The molecule has 0 atom stereocenters. The van der Waals surface area contributed by atoms with Crippen LogP contribution in [0.1, 0.15) is 12.8 Å². The summed E-state index contributed by atoms with van der Waals surface area (Å²) in [6.45, 7) is 0. The molecule has 1 aromatic heterocycles. The van der Waals surface area contributed by atoms with Crippen LogP contribution in [0.3, 0.4) is 0 Å². The highest BCUT2D eigenvalue weighted by Crippen LogP contribution is 2.28. The first-order valence-corrected chi connectivity index (χ1v) is 6.32. The van der Waals surface area contributed by atoms with Gasteiger partial charge in [0.15, 0.2) is 5.82 Å². The first-order valence-electron chi connectivity index (χ1n) is 5.17. The Morgan fingerprint density at radius 3 is 3.00 bits per heavy atom. The second-order valence-electron chi connectivity index (χ2n) is 3.85. The Morgan fingerprint density at radius 2 is 2.25 bits per heavy atom. The molecule has 1 aromatic carbocycles. The zero-order chi connectivity index (χ0) is 11.0. The predicted molar refractivity (Wildman–Crippen MR) is 67.0 cm³/mol. The summed E-state index contributed by atoms with van der Waals surface area (Å²) >= 11 is 7.33. The van der Waals surface area contributed by atoms with E-state index in [-0.39, 0.29) is 0 Å². The average molecular weight is 252 g/mol. The quantitative estimate of drug-likeness (QED) is 0.908. The van der Waals surface area contributed by atoms with Crippen LogP contribution in [-0.2, 0) is 0 Å². The monoisotopic (exact) mass is 251 g/mol. The topological polar surface area (TPSA) is 37.8 Å². The van der Waals surface area contributed by atoms with E-state index >= 15 is 0 Å². The zero-order valence-electron chi connectivity index (χ0n) is 8.48. The molecule has 82 valence electrons. The molecule has 0 amide bonds. The minimum Gasteiger partial charge on any atom is -0.358 e. The maximum Gasteiger partial charge on any atom is 0.203 e. The molecule has 1 heterocycles. The molecule has 3 nitrogen and oxygen atoms in total. The standard InChI is InChI=1S/C11H10ClN3S/c12-8-3-1-2-7(6-8)10-14-11(16-15-10)13-9-4-5-9/h1-3,6,9H,4-5H2,(H,13,14,15).